The van der Waals surface area contributed by atoms with Gasteiger partial charge in [0.15, 0.2) is 11.4 Å². The lowest BCUT2D eigenvalue weighted by Gasteiger charge is -2.34. The molecule has 0 fully saturated rings. The highest BCUT2D eigenvalue weighted by molar-refractivity contribution is 5.77. The Morgan fingerprint density at radius 2 is 0.824 bits per heavy atom. The third-order valence-electron chi connectivity index (χ3n) is 5.91. The number of urea groups is 1. The molecule has 4 rings (SSSR count). The minimum Gasteiger partial charge on any atom is -0.363 e. The standard InChI is InChI=1S/C29H28N2O3/c1-21-13-17-25(18-14-21)28(33,23-9-5-3-6-10-23)30-27(32)31-29(34,24-11-7-4-8-12-24)26-19-15-22(2)16-20-26/h3-20,33-34H,1-2H3,(H2,30,31,32). The van der Waals surface area contributed by atoms with Crippen LogP contribution in [0, 0.1) is 13.8 Å². The molecule has 0 saturated carbocycles. The zero-order valence-corrected chi connectivity index (χ0v) is 19.2. The summed E-state index contributed by atoms with van der Waals surface area (Å²) in [7, 11) is 0. The first-order valence-corrected chi connectivity index (χ1v) is 11.1. The second-order valence-electron chi connectivity index (χ2n) is 8.46. The fourth-order valence-electron chi connectivity index (χ4n) is 3.93. The third kappa shape index (κ3) is 4.71. The summed E-state index contributed by atoms with van der Waals surface area (Å²) in [5.74, 6) is 0. The fourth-order valence-corrected chi connectivity index (χ4v) is 3.93. The molecule has 2 amide bonds. The van der Waals surface area contributed by atoms with Gasteiger partial charge in [0.1, 0.15) is 0 Å². The van der Waals surface area contributed by atoms with Gasteiger partial charge in [0.05, 0.1) is 0 Å². The zero-order valence-electron chi connectivity index (χ0n) is 19.2. The quantitative estimate of drug-likeness (QED) is 0.321. The first-order chi connectivity index (χ1) is 16.3. The van der Waals surface area contributed by atoms with Crippen LogP contribution in [0.25, 0.3) is 0 Å². The van der Waals surface area contributed by atoms with Gasteiger partial charge in [-0.15, -0.1) is 0 Å². The van der Waals surface area contributed by atoms with E-state index in [0.29, 0.717) is 22.3 Å². The molecule has 0 bridgehead atoms. The van der Waals surface area contributed by atoms with Crippen LogP contribution in [0.4, 0.5) is 4.79 Å². The maximum Gasteiger partial charge on any atom is 0.320 e. The van der Waals surface area contributed by atoms with Crippen molar-refractivity contribution in [1.29, 1.82) is 0 Å². The van der Waals surface area contributed by atoms with Crippen molar-refractivity contribution in [3.63, 3.8) is 0 Å². The van der Waals surface area contributed by atoms with Crippen LogP contribution < -0.4 is 10.6 Å². The molecule has 4 N–H and O–H groups in total. The van der Waals surface area contributed by atoms with Crippen molar-refractivity contribution in [1.82, 2.24) is 10.6 Å². The summed E-state index contributed by atoms with van der Waals surface area (Å²) in [4.78, 5) is 13.4. The van der Waals surface area contributed by atoms with Crippen molar-refractivity contribution in [2.75, 3.05) is 0 Å². The largest absolute Gasteiger partial charge is 0.363 e. The molecule has 0 spiro atoms. The normalized spacial score (nSPS) is 14.5. The molecule has 0 aliphatic carbocycles. The van der Waals surface area contributed by atoms with Crippen LogP contribution in [0.3, 0.4) is 0 Å². The molecule has 2 atom stereocenters. The summed E-state index contributed by atoms with van der Waals surface area (Å²) in [5.41, 5.74) is 0.410. The van der Waals surface area contributed by atoms with E-state index in [2.05, 4.69) is 10.6 Å². The Balaban J connectivity index is 1.72. The number of amides is 2. The third-order valence-corrected chi connectivity index (χ3v) is 5.91. The van der Waals surface area contributed by atoms with Crippen molar-refractivity contribution >= 4 is 6.03 Å². The Bertz CT molecular complexity index is 1140. The smallest absolute Gasteiger partial charge is 0.320 e. The van der Waals surface area contributed by atoms with Crippen molar-refractivity contribution in [2.24, 2.45) is 0 Å². The number of hydrogen-bond acceptors (Lipinski definition) is 3. The van der Waals surface area contributed by atoms with Gasteiger partial charge < -0.3 is 20.8 Å². The Morgan fingerprint density at radius 3 is 1.15 bits per heavy atom. The van der Waals surface area contributed by atoms with Crippen LogP contribution >= 0.6 is 0 Å². The lowest BCUT2D eigenvalue weighted by Crippen LogP contribution is -2.56. The summed E-state index contributed by atoms with van der Waals surface area (Å²) >= 11 is 0. The number of carbonyl (C=O) groups excluding carboxylic acids is 1. The van der Waals surface area contributed by atoms with Crippen LogP contribution in [-0.2, 0) is 11.4 Å². The van der Waals surface area contributed by atoms with Crippen LogP contribution in [-0.4, -0.2) is 16.2 Å². The summed E-state index contributed by atoms with van der Waals surface area (Å²) < 4.78 is 0. The number of carbonyl (C=O) groups is 1. The van der Waals surface area contributed by atoms with E-state index in [1.807, 2.05) is 50.2 Å². The molecule has 0 radical (unpaired) electrons. The number of hydrogen-bond donors (Lipinski definition) is 4. The van der Waals surface area contributed by atoms with Crippen molar-refractivity contribution in [3.05, 3.63) is 143 Å². The second kappa shape index (κ2) is 9.51. The number of aryl methyl sites for hydroxylation is 2. The van der Waals surface area contributed by atoms with Crippen LogP contribution in [0.2, 0.25) is 0 Å². The van der Waals surface area contributed by atoms with E-state index in [9.17, 15) is 15.0 Å². The van der Waals surface area contributed by atoms with E-state index in [0.717, 1.165) is 11.1 Å². The predicted octanol–water partition coefficient (Wildman–Crippen LogP) is 4.69. The van der Waals surface area contributed by atoms with E-state index in [4.69, 9.17) is 0 Å². The lowest BCUT2D eigenvalue weighted by molar-refractivity contribution is 0.0316. The Labute approximate surface area is 199 Å². The molecular formula is C29H28N2O3. The molecule has 172 valence electrons. The minimum absolute atomic E-state index is 0.493. The molecule has 0 heterocycles. The second-order valence-corrected chi connectivity index (χ2v) is 8.46. The molecule has 0 aromatic heterocycles. The van der Waals surface area contributed by atoms with Gasteiger partial charge in [-0.2, -0.15) is 0 Å². The lowest BCUT2D eigenvalue weighted by atomic mass is 9.92. The van der Waals surface area contributed by atoms with Gasteiger partial charge in [-0.25, -0.2) is 4.79 Å². The summed E-state index contributed by atoms with van der Waals surface area (Å²) in [6.45, 7) is 3.90. The van der Waals surface area contributed by atoms with E-state index in [1.165, 1.54) is 0 Å². The highest BCUT2D eigenvalue weighted by Gasteiger charge is 2.38. The highest BCUT2D eigenvalue weighted by atomic mass is 16.3. The van der Waals surface area contributed by atoms with E-state index in [-0.39, 0.29) is 0 Å². The molecule has 34 heavy (non-hydrogen) atoms. The number of nitrogens with one attached hydrogen (secondary N) is 2. The molecule has 0 saturated heterocycles. The van der Waals surface area contributed by atoms with Gasteiger partial charge in [-0.1, -0.05) is 120 Å². The molecule has 2 unspecified atom stereocenters. The van der Waals surface area contributed by atoms with Gasteiger partial charge in [0, 0.05) is 22.3 Å². The van der Waals surface area contributed by atoms with Crippen molar-refractivity contribution < 1.29 is 15.0 Å². The van der Waals surface area contributed by atoms with Gasteiger partial charge in [0.25, 0.3) is 0 Å². The molecule has 0 aliphatic rings. The van der Waals surface area contributed by atoms with E-state index >= 15 is 0 Å². The highest BCUT2D eigenvalue weighted by Crippen LogP contribution is 2.30. The van der Waals surface area contributed by atoms with Gasteiger partial charge >= 0.3 is 6.03 Å². The first-order valence-electron chi connectivity index (χ1n) is 11.1. The maximum absolute atomic E-state index is 13.4. The molecular weight excluding hydrogens is 424 g/mol. The summed E-state index contributed by atoms with van der Waals surface area (Å²) in [6.07, 6.45) is 0. The molecule has 5 heteroatoms. The summed E-state index contributed by atoms with van der Waals surface area (Å²) in [6, 6.07) is 31.6. The average Bonchev–Trinajstić information content (AvgIpc) is 2.85. The molecule has 4 aromatic rings. The molecule has 4 aromatic carbocycles. The fraction of sp³-hybridized carbons (Fsp3) is 0.138. The van der Waals surface area contributed by atoms with Gasteiger partial charge in [-0.05, 0) is 13.8 Å². The number of benzene rings is 4. The zero-order chi connectivity index (χ0) is 24.2. The predicted molar refractivity (Wildman–Crippen MR) is 133 cm³/mol. The Hall–Kier alpha value is -3.93. The Kier molecular flexibility index (Phi) is 6.50. The average molecular weight is 453 g/mol. The maximum atomic E-state index is 13.4. The minimum atomic E-state index is -1.82. The van der Waals surface area contributed by atoms with Gasteiger partial charge in [-0.3, -0.25) is 0 Å². The first kappa shape index (κ1) is 23.2. The number of aliphatic hydroxyl groups is 2. The molecule has 5 nitrogen and oxygen atoms in total. The topological polar surface area (TPSA) is 81.6 Å². The van der Waals surface area contributed by atoms with Crippen LogP contribution in [0.5, 0.6) is 0 Å². The van der Waals surface area contributed by atoms with Crippen LogP contribution in [0.15, 0.2) is 109 Å². The van der Waals surface area contributed by atoms with E-state index < -0.39 is 17.5 Å². The number of rotatable bonds is 6. The van der Waals surface area contributed by atoms with Crippen molar-refractivity contribution in [3.8, 4) is 0 Å². The monoisotopic (exact) mass is 452 g/mol. The van der Waals surface area contributed by atoms with E-state index in [1.54, 1.807) is 72.8 Å². The summed E-state index contributed by atoms with van der Waals surface area (Å²) in [5, 5.41) is 28.9. The Morgan fingerprint density at radius 1 is 0.529 bits per heavy atom. The van der Waals surface area contributed by atoms with Crippen LogP contribution in [0.1, 0.15) is 33.4 Å². The van der Waals surface area contributed by atoms with Gasteiger partial charge in [0.2, 0.25) is 0 Å². The van der Waals surface area contributed by atoms with Crippen molar-refractivity contribution in [2.45, 2.75) is 25.3 Å². The molecule has 0 aliphatic heterocycles. The SMILES string of the molecule is Cc1ccc(C(O)(NC(=O)NC(O)(c2ccccc2)c2ccc(C)cc2)c2ccccc2)cc1.